The molecule has 2 heterocycles. The van der Waals surface area contributed by atoms with Crippen LogP contribution in [-0.2, 0) is 4.79 Å². The fraction of sp³-hybridized carbons (Fsp3) is 0.333. The molecule has 0 radical (unpaired) electrons. The molecule has 0 spiro atoms. The van der Waals surface area contributed by atoms with Gasteiger partial charge in [-0.05, 0) is 60.2 Å². The molecule has 5 nitrogen and oxygen atoms in total. The summed E-state index contributed by atoms with van der Waals surface area (Å²) in [6, 6.07) is 9.49. The first-order valence-electron chi connectivity index (χ1n) is 8.78. The predicted molar refractivity (Wildman–Crippen MR) is 107 cm³/mol. The highest BCUT2D eigenvalue weighted by molar-refractivity contribution is 5.97. The molecule has 4 N–H and O–H groups in total. The number of rotatable bonds is 3. The van der Waals surface area contributed by atoms with E-state index in [1.54, 1.807) is 0 Å². The fourth-order valence-corrected chi connectivity index (χ4v) is 3.05. The van der Waals surface area contributed by atoms with Crippen LogP contribution in [0.25, 0.3) is 22.2 Å². The van der Waals surface area contributed by atoms with Gasteiger partial charge in [-0.15, -0.1) is 0 Å². The summed E-state index contributed by atoms with van der Waals surface area (Å²) in [4.78, 5) is 20.0. The summed E-state index contributed by atoms with van der Waals surface area (Å²) in [7, 11) is 0. The van der Waals surface area contributed by atoms with Gasteiger partial charge in [-0.1, -0.05) is 26.8 Å². The highest BCUT2D eigenvalue weighted by Crippen LogP contribution is 2.32. The van der Waals surface area contributed by atoms with Crippen LogP contribution in [0.3, 0.4) is 0 Å². The van der Waals surface area contributed by atoms with E-state index in [0.717, 1.165) is 39.1 Å². The number of aryl methyl sites for hydroxylation is 2. The lowest BCUT2D eigenvalue weighted by Crippen LogP contribution is -2.45. The summed E-state index contributed by atoms with van der Waals surface area (Å²) >= 11 is 0. The first-order chi connectivity index (χ1) is 12.2. The smallest absolute Gasteiger partial charge is 0.241 e. The van der Waals surface area contributed by atoms with Crippen molar-refractivity contribution >= 4 is 22.6 Å². The van der Waals surface area contributed by atoms with Crippen molar-refractivity contribution in [1.82, 2.24) is 9.97 Å². The maximum atomic E-state index is 12.4. The molecule has 0 unspecified atom stereocenters. The molecule has 0 saturated carbocycles. The summed E-state index contributed by atoms with van der Waals surface area (Å²) in [5.41, 5.74) is 11.8. The zero-order chi connectivity index (χ0) is 19.1. The van der Waals surface area contributed by atoms with Crippen molar-refractivity contribution in [2.75, 3.05) is 5.32 Å². The van der Waals surface area contributed by atoms with Crippen LogP contribution < -0.4 is 11.1 Å². The van der Waals surface area contributed by atoms with Crippen molar-refractivity contribution in [3.05, 3.63) is 47.8 Å². The Morgan fingerprint density at radius 1 is 1.15 bits per heavy atom. The van der Waals surface area contributed by atoms with Crippen LogP contribution in [0.1, 0.15) is 32.0 Å². The molecule has 0 aliphatic rings. The number of anilines is 1. The van der Waals surface area contributed by atoms with Crippen LogP contribution >= 0.6 is 0 Å². The van der Waals surface area contributed by atoms with Crippen LogP contribution in [-0.4, -0.2) is 21.9 Å². The lowest BCUT2D eigenvalue weighted by molar-refractivity contribution is -0.119. The third-order valence-corrected chi connectivity index (χ3v) is 4.67. The van der Waals surface area contributed by atoms with Gasteiger partial charge < -0.3 is 16.0 Å². The number of benzene rings is 1. The van der Waals surface area contributed by atoms with E-state index in [1.165, 1.54) is 0 Å². The third kappa shape index (κ3) is 3.48. The lowest BCUT2D eigenvalue weighted by Gasteiger charge is -2.26. The molecular formula is C21H26N4O. The van der Waals surface area contributed by atoms with Gasteiger partial charge in [-0.3, -0.25) is 4.79 Å². The Bertz CT molecular complexity index is 966. The number of nitrogens with two attached hydrogens (primary N) is 1. The number of amides is 1. The summed E-state index contributed by atoms with van der Waals surface area (Å²) in [5.74, 6) is -0.169. The molecule has 0 fully saturated rings. The largest absolute Gasteiger partial charge is 0.344 e. The van der Waals surface area contributed by atoms with Crippen molar-refractivity contribution in [3.63, 3.8) is 0 Å². The van der Waals surface area contributed by atoms with Gasteiger partial charge >= 0.3 is 0 Å². The molecule has 2 aromatic heterocycles. The van der Waals surface area contributed by atoms with E-state index in [4.69, 9.17) is 5.73 Å². The Hall–Kier alpha value is -2.66. The van der Waals surface area contributed by atoms with Gasteiger partial charge in [-0.2, -0.15) is 0 Å². The summed E-state index contributed by atoms with van der Waals surface area (Å²) in [5, 5.41) is 4.02. The Labute approximate surface area is 154 Å². The molecule has 3 aromatic rings. The molecular weight excluding hydrogens is 324 g/mol. The zero-order valence-electron chi connectivity index (χ0n) is 16.0. The van der Waals surface area contributed by atoms with E-state index in [2.05, 4.69) is 21.4 Å². The van der Waals surface area contributed by atoms with Crippen LogP contribution in [0.5, 0.6) is 0 Å². The van der Waals surface area contributed by atoms with Gasteiger partial charge in [0.2, 0.25) is 5.91 Å². The van der Waals surface area contributed by atoms with E-state index in [0.29, 0.717) is 0 Å². The second kappa shape index (κ2) is 6.57. The third-order valence-electron chi connectivity index (χ3n) is 4.67. The number of nitrogens with one attached hydrogen (secondary N) is 2. The number of aromatic nitrogens is 2. The molecule has 0 saturated heterocycles. The SMILES string of the molecule is Cc1cc2c(-c3ccc(NC(=O)[C@H](N)C(C)(C)C)cc3C)ccnc2[nH]1. The standard InChI is InChI=1S/C21H26N4O/c1-12-10-14(25-20(26)18(22)21(3,4)5)6-7-15(12)16-8-9-23-19-17(16)11-13(2)24-19/h6-11,18H,22H2,1-5H3,(H,23,24)(H,25,26)/t18-/m0/s1. The number of fused-ring (bicyclic) bond motifs is 1. The fourth-order valence-electron chi connectivity index (χ4n) is 3.05. The van der Waals surface area contributed by atoms with E-state index < -0.39 is 6.04 Å². The monoisotopic (exact) mass is 350 g/mol. The number of H-pyrrole nitrogens is 1. The van der Waals surface area contributed by atoms with Crippen molar-refractivity contribution < 1.29 is 4.79 Å². The first-order valence-corrected chi connectivity index (χ1v) is 8.78. The quantitative estimate of drug-likeness (QED) is 0.663. The van der Waals surface area contributed by atoms with Crippen LogP contribution in [0.15, 0.2) is 36.5 Å². The Morgan fingerprint density at radius 2 is 1.88 bits per heavy atom. The lowest BCUT2D eigenvalue weighted by atomic mass is 9.87. The molecule has 1 amide bonds. The van der Waals surface area contributed by atoms with Crippen LogP contribution in [0, 0.1) is 19.3 Å². The van der Waals surface area contributed by atoms with Gasteiger partial charge in [0, 0.05) is 23.0 Å². The first kappa shape index (κ1) is 18.1. The Kier molecular flexibility index (Phi) is 4.59. The molecule has 0 aliphatic carbocycles. The van der Waals surface area contributed by atoms with Crippen molar-refractivity contribution in [3.8, 4) is 11.1 Å². The molecule has 26 heavy (non-hydrogen) atoms. The average molecular weight is 350 g/mol. The number of pyridine rings is 1. The molecule has 3 rings (SSSR count). The molecule has 5 heteroatoms. The van der Waals surface area contributed by atoms with Gasteiger partial charge in [-0.25, -0.2) is 4.98 Å². The van der Waals surface area contributed by atoms with E-state index >= 15 is 0 Å². The van der Waals surface area contributed by atoms with Crippen molar-refractivity contribution in [1.29, 1.82) is 0 Å². The maximum absolute atomic E-state index is 12.4. The molecule has 0 bridgehead atoms. The van der Waals surface area contributed by atoms with Gasteiger partial charge in [0.15, 0.2) is 0 Å². The second-order valence-corrected chi connectivity index (χ2v) is 7.94. The number of hydrogen-bond donors (Lipinski definition) is 3. The minimum atomic E-state index is -0.565. The van der Waals surface area contributed by atoms with Crippen LogP contribution in [0.2, 0.25) is 0 Å². The molecule has 1 atom stereocenters. The number of nitrogens with zero attached hydrogens (tertiary/aromatic N) is 1. The average Bonchev–Trinajstić information content (AvgIpc) is 2.93. The topological polar surface area (TPSA) is 83.8 Å². The van der Waals surface area contributed by atoms with E-state index in [9.17, 15) is 4.79 Å². The minimum Gasteiger partial charge on any atom is -0.344 e. The van der Waals surface area contributed by atoms with Gasteiger partial charge in [0.25, 0.3) is 0 Å². The highest BCUT2D eigenvalue weighted by Gasteiger charge is 2.27. The van der Waals surface area contributed by atoms with Crippen LogP contribution in [0.4, 0.5) is 5.69 Å². The normalized spacial score (nSPS) is 13.0. The van der Waals surface area contributed by atoms with E-state index in [-0.39, 0.29) is 11.3 Å². The molecule has 1 aromatic carbocycles. The van der Waals surface area contributed by atoms with Crippen molar-refractivity contribution in [2.24, 2.45) is 11.1 Å². The summed E-state index contributed by atoms with van der Waals surface area (Å²) in [6.07, 6.45) is 1.81. The minimum absolute atomic E-state index is 0.169. The Morgan fingerprint density at radius 3 is 2.54 bits per heavy atom. The van der Waals surface area contributed by atoms with E-state index in [1.807, 2.05) is 65.1 Å². The predicted octanol–water partition coefficient (Wildman–Crippen LogP) is 4.16. The number of aromatic amines is 1. The van der Waals surface area contributed by atoms with Gasteiger partial charge in [0.1, 0.15) is 5.65 Å². The van der Waals surface area contributed by atoms with Gasteiger partial charge in [0.05, 0.1) is 6.04 Å². The number of hydrogen-bond acceptors (Lipinski definition) is 3. The Balaban J connectivity index is 1.92. The summed E-state index contributed by atoms with van der Waals surface area (Å²) in [6.45, 7) is 9.94. The number of carbonyl (C=O) groups is 1. The number of carbonyl (C=O) groups excluding carboxylic acids is 1. The molecule has 136 valence electrons. The molecule has 0 aliphatic heterocycles. The zero-order valence-corrected chi connectivity index (χ0v) is 16.0. The van der Waals surface area contributed by atoms with Crippen molar-refractivity contribution in [2.45, 2.75) is 40.7 Å². The maximum Gasteiger partial charge on any atom is 0.241 e. The summed E-state index contributed by atoms with van der Waals surface area (Å²) < 4.78 is 0. The highest BCUT2D eigenvalue weighted by atomic mass is 16.2. The second-order valence-electron chi connectivity index (χ2n) is 7.94.